The zero-order valence-electron chi connectivity index (χ0n) is 10.2. The molecule has 0 aliphatic heterocycles. The summed E-state index contributed by atoms with van der Waals surface area (Å²) >= 11 is 0. The number of aliphatic hydroxyl groups is 1. The summed E-state index contributed by atoms with van der Waals surface area (Å²) in [6, 6.07) is 8.87. The number of rotatable bonds is 5. The molecule has 1 atom stereocenters. The van der Waals surface area contributed by atoms with E-state index in [1.54, 1.807) is 35.0 Å². The van der Waals surface area contributed by atoms with Gasteiger partial charge in [-0.05, 0) is 24.3 Å². The van der Waals surface area contributed by atoms with Crippen molar-refractivity contribution in [2.45, 2.75) is 12.6 Å². The monoisotopic (exact) mass is 258 g/mol. The van der Waals surface area contributed by atoms with Crippen molar-refractivity contribution >= 4 is 5.69 Å². The van der Waals surface area contributed by atoms with Gasteiger partial charge in [-0.2, -0.15) is 5.26 Å². The van der Waals surface area contributed by atoms with Gasteiger partial charge in [-0.1, -0.05) is 0 Å². The van der Waals surface area contributed by atoms with Crippen molar-refractivity contribution < 1.29 is 9.84 Å². The van der Waals surface area contributed by atoms with Crippen LogP contribution in [0.5, 0.6) is 5.75 Å². The molecule has 0 saturated carbocycles. The average molecular weight is 258 g/mol. The Labute approximate surface area is 110 Å². The van der Waals surface area contributed by atoms with Gasteiger partial charge in [0.25, 0.3) is 0 Å². The van der Waals surface area contributed by atoms with Crippen LogP contribution >= 0.6 is 0 Å². The first-order valence-corrected chi connectivity index (χ1v) is 5.76. The summed E-state index contributed by atoms with van der Waals surface area (Å²) in [5.41, 5.74) is 6.22. The number of nitrogens with two attached hydrogens (primary N) is 1. The standard InChI is InChI=1S/C13H14N4O2/c14-7-13-16-5-6-17(13)8-11(18)9-19-12-3-1-10(15)2-4-12/h1-6,11,18H,8-9,15H2. The van der Waals surface area contributed by atoms with Gasteiger partial charge < -0.3 is 20.1 Å². The number of benzene rings is 1. The SMILES string of the molecule is N#Cc1nccn1CC(O)COc1ccc(N)cc1. The number of anilines is 1. The van der Waals surface area contributed by atoms with Gasteiger partial charge in [0.1, 0.15) is 24.5 Å². The maximum absolute atomic E-state index is 9.85. The van der Waals surface area contributed by atoms with Gasteiger partial charge in [-0.15, -0.1) is 0 Å². The molecule has 0 saturated heterocycles. The predicted molar refractivity (Wildman–Crippen MR) is 69.3 cm³/mol. The first-order valence-electron chi connectivity index (χ1n) is 5.76. The minimum absolute atomic E-state index is 0.132. The van der Waals surface area contributed by atoms with E-state index < -0.39 is 6.10 Å². The first kappa shape index (κ1) is 12.9. The van der Waals surface area contributed by atoms with Crippen LogP contribution in [0.1, 0.15) is 5.82 Å². The average Bonchev–Trinajstić information content (AvgIpc) is 2.85. The van der Waals surface area contributed by atoms with Crippen LogP contribution in [0.25, 0.3) is 0 Å². The maximum atomic E-state index is 9.85. The molecule has 19 heavy (non-hydrogen) atoms. The number of nitriles is 1. The molecule has 1 unspecified atom stereocenters. The largest absolute Gasteiger partial charge is 0.491 e. The lowest BCUT2D eigenvalue weighted by Crippen LogP contribution is -2.24. The van der Waals surface area contributed by atoms with Crippen LogP contribution in [0.2, 0.25) is 0 Å². The van der Waals surface area contributed by atoms with Gasteiger partial charge in [0.05, 0.1) is 6.54 Å². The summed E-state index contributed by atoms with van der Waals surface area (Å²) in [5, 5.41) is 18.6. The lowest BCUT2D eigenvalue weighted by Gasteiger charge is -2.13. The predicted octanol–water partition coefficient (Wildman–Crippen LogP) is 0.777. The molecule has 1 aromatic heterocycles. The van der Waals surface area contributed by atoms with E-state index in [9.17, 15) is 5.11 Å². The van der Waals surface area contributed by atoms with Crippen LogP contribution in [-0.4, -0.2) is 27.4 Å². The quantitative estimate of drug-likeness (QED) is 0.772. The van der Waals surface area contributed by atoms with Crippen molar-refractivity contribution in [2.24, 2.45) is 0 Å². The molecule has 1 heterocycles. The van der Waals surface area contributed by atoms with Gasteiger partial charge >= 0.3 is 0 Å². The molecule has 0 radical (unpaired) electrons. The normalized spacial score (nSPS) is 11.8. The molecule has 6 nitrogen and oxygen atoms in total. The number of hydrogen-bond acceptors (Lipinski definition) is 5. The molecule has 98 valence electrons. The fraction of sp³-hybridized carbons (Fsp3) is 0.231. The Morgan fingerprint density at radius 3 is 2.84 bits per heavy atom. The van der Waals surface area contributed by atoms with Gasteiger partial charge in [0, 0.05) is 18.1 Å². The van der Waals surface area contributed by atoms with E-state index in [0.717, 1.165) is 0 Å². The van der Waals surface area contributed by atoms with Crippen molar-refractivity contribution in [3.8, 4) is 11.8 Å². The van der Waals surface area contributed by atoms with Gasteiger partial charge in [-0.3, -0.25) is 0 Å². The van der Waals surface area contributed by atoms with Crippen molar-refractivity contribution in [1.82, 2.24) is 9.55 Å². The third-order valence-electron chi connectivity index (χ3n) is 2.55. The lowest BCUT2D eigenvalue weighted by atomic mass is 10.3. The van der Waals surface area contributed by atoms with Crippen LogP contribution in [0.3, 0.4) is 0 Å². The fourth-order valence-corrected chi connectivity index (χ4v) is 1.61. The highest BCUT2D eigenvalue weighted by atomic mass is 16.5. The van der Waals surface area contributed by atoms with Crippen LogP contribution < -0.4 is 10.5 Å². The Kier molecular flexibility index (Phi) is 4.00. The topological polar surface area (TPSA) is 97.1 Å². The number of nitrogen functional groups attached to an aromatic ring is 1. The minimum atomic E-state index is -0.723. The molecule has 2 aromatic rings. The molecular formula is C13H14N4O2. The van der Waals surface area contributed by atoms with E-state index in [0.29, 0.717) is 11.4 Å². The van der Waals surface area contributed by atoms with Gasteiger partial charge in [0.2, 0.25) is 5.82 Å². The zero-order valence-corrected chi connectivity index (χ0v) is 10.2. The van der Waals surface area contributed by atoms with E-state index in [2.05, 4.69) is 4.98 Å². The summed E-state index contributed by atoms with van der Waals surface area (Å²) in [7, 11) is 0. The summed E-state index contributed by atoms with van der Waals surface area (Å²) in [4.78, 5) is 3.85. The van der Waals surface area contributed by atoms with Crippen LogP contribution in [-0.2, 0) is 6.54 Å². The van der Waals surface area contributed by atoms with Crippen molar-refractivity contribution in [1.29, 1.82) is 5.26 Å². The highest BCUT2D eigenvalue weighted by molar-refractivity contribution is 5.41. The Bertz CT molecular complexity index is 571. The summed E-state index contributed by atoms with van der Waals surface area (Å²) in [6.07, 6.45) is 2.44. The lowest BCUT2D eigenvalue weighted by molar-refractivity contribution is 0.0922. The Balaban J connectivity index is 1.87. The van der Waals surface area contributed by atoms with Crippen LogP contribution in [0.4, 0.5) is 5.69 Å². The van der Waals surface area contributed by atoms with Crippen LogP contribution in [0, 0.1) is 11.3 Å². The second kappa shape index (κ2) is 5.89. The summed E-state index contributed by atoms with van der Waals surface area (Å²) in [5.74, 6) is 0.908. The zero-order chi connectivity index (χ0) is 13.7. The highest BCUT2D eigenvalue weighted by Crippen LogP contribution is 2.13. The first-order chi connectivity index (χ1) is 9.19. The minimum Gasteiger partial charge on any atom is -0.491 e. The molecule has 0 aliphatic carbocycles. The molecule has 0 spiro atoms. The van der Waals surface area contributed by atoms with E-state index in [1.807, 2.05) is 6.07 Å². The van der Waals surface area contributed by atoms with Gasteiger partial charge in [0.15, 0.2) is 0 Å². The molecule has 0 aliphatic rings. The third-order valence-corrected chi connectivity index (χ3v) is 2.55. The van der Waals surface area contributed by atoms with E-state index in [1.165, 1.54) is 6.20 Å². The summed E-state index contributed by atoms with van der Waals surface area (Å²) < 4.78 is 7.00. The number of hydrogen-bond donors (Lipinski definition) is 2. The number of imidazole rings is 1. The number of nitrogens with zero attached hydrogens (tertiary/aromatic N) is 3. The van der Waals surface area contributed by atoms with E-state index >= 15 is 0 Å². The molecule has 6 heteroatoms. The number of aromatic nitrogens is 2. The molecule has 1 aromatic carbocycles. The molecule has 0 bridgehead atoms. The highest BCUT2D eigenvalue weighted by Gasteiger charge is 2.09. The molecule has 2 rings (SSSR count). The molecule has 0 fully saturated rings. The second-order valence-electron chi connectivity index (χ2n) is 4.05. The number of aliphatic hydroxyl groups excluding tert-OH is 1. The smallest absolute Gasteiger partial charge is 0.212 e. The Hall–Kier alpha value is -2.52. The maximum Gasteiger partial charge on any atom is 0.212 e. The Morgan fingerprint density at radius 1 is 1.42 bits per heavy atom. The van der Waals surface area contributed by atoms with Crippen molar-refractivity contribution in [2.75, 3.05) is 12.3 Å². The van der Waals surface area contributed by atoms with E-state index in [-0.39, 0.29) is 19.0 Å². The van der Waals surface area contributed by atoms with Crippen molar-refractivity contribution in [3.05, 3.63) is 42.5 Å². The fourth-order valence-electron chi connectivity index (χ4n) is 1.61. The Morgan fingerprint density at radius 2 is 2.16 bits per heavy atom. The van der Waals surface area contributed by atoms with Gasteiger partial charge in [-0.25, -0.2) is 4.98 Å². The molecule has 0 amide bonds. The number of ether oxygens (including phenoxy) is 1. The van der Waals surface area contributed by atoms with Crippen molar-refractivity contribution in [3.63, 3.8) is 0 Å². The third kappa shape index (κ3) is 3.47. The van der Waals surface area contributed by atoms with Crippen LogP contribution in [0.15, 0.2) is 36.7 Å². The van der Waals surface area contributed by atoms with E-state index in [4.69, 9.17) is 15.7 Å². The summed E-state index contributed by atoms with van der Waals surface area (Å²) in [6.45, 7) is 0.394. The molecular weight excluding hydrogens is 244 g/mol. The second-order valence-corrected chi connectivity index (χ2v) is 4.05. The molecule has 3 N–H and O–H groups in total.